The minimum Gasteiger partial charge on any atom is -0.436 e. The van der Waals surface area contributed by atoms with Crippen molar-refractivity contribution in [3.8, 4) is 56.2 Å². The fourth-order valence-corrected chi connectivity index (χ4v) is 10.2. The second-order valence-corrected chi connectivity index (χ2v) is 16.3. The first-order valence-corrected chi connectivity index (χ1v) is 21.3. The van der Waals surface area contributed by atoms with E-state index in [9.17, 15) is 0 Å². The van der Waals surface area contributed by atoms with E-state index in [4.69, 9.17) is 19.4 Å². The molecule has 0 bridgehead atoms. The summed E-state index contributed by atoms with van der Waals surface area (Å²) in [6.07, 6.45) is 0. The van der Waals surface area contributed by atoms with Gasteiger partial charge in [0.25, 0.3) is 0 Å². The van der Waals surface area contributed by atoms with Crippen molar-refractivity contribution >= 4 is 39.2 Å². The molecule has 1 spiro atoms. The summed E-state index contributed by atoms with van der Waals surface area (Å²) in [5.41, 5.74) is 20.7. The highest BCUT2D eigenvalue weighted by molar-refractivity contribution is 5.98. The van der Waals surface area contributed by atoms with Gasteiger partial charge in [0.1, 0.15) is 5.52 Å². The maximum atomic E-state index is 6.17. The van der Waals surface area contributed by atoms with E-state index in [1.807, 2.05) is 48.5 Å². The Balaban J connectivity index is 1.03. The lowest BCUT2D eigenvalue weighted by Gasteiger charge is -2.32. The van der Waals surface area contributed by atoms with Crippen molar-refractivity contribution in [2.45, 2.75) is 5.41 Å². The number of para-hydroxylation sites is 5. The zero-order chi connectivity index (χ0) is 41.5. The summed E-state index contributed by atoms with van der Waals surface area (Å²) in [5, 5.41) is 0. The molecule has 5 nitrogen and oxygen atoms in total. The first-order chi connectivity index (χ1) is 31.2. The van der Waals surface area contributed by atoms with Crippen LogP contribution in [0.3, 0.4) is 0 Å². The molecule has 9 aromatic carbocycles. The van der Waals surface area contributed by atoms with Crippen LogP contribution in [-0.2, 0) is 5.41 Å². The summed E-state index contributed by atoms with van der Waals surface area (Å²) in [4.78, 5) is 17.8. The Morgan fingerprint density at radius 2 is 0.825 bits per heavy atom. The summed E-state index contributed by atoms with van der Waals surface area (Å²) in [6, 6.07) is 77.6. The fraction of sp³-hybridized carbons (Fsp3) is 0.0172. The SMILES string of the molecule is c1ccc(-c2nc3ccccc3nc2-c2ccc3c(c2)C2(c4ccccc4-c4ccccc42)c2cc(N(c4ccccc4)c4ccc(-c5nc6ccccc6o5)cc4)ccc2-3)cc1. The van der Waals surface area contributed by atoms with E-state index in [0.29, 0.717) is 5.89 Å². The first-order valence-electron chi connectivity index (χ1n) is 21.3. The van der Waals surface area contributed by atoms with Crippen molar-refractivity contribution < 1.29 is 4.42 Å². The zero-order valence-corrected chi connectivity index (χ0v) is 34.0. The number of oxazole rings is 1. The minimum atomic E-state index is -0.597. The largest absolute Gasteiger partial charge is 0.436 e. The number of hydrogen-bond donors (Lipinski definition) is 0. The standard InChI is InChI=1S/C58H36N4O/c1-3-15-37(16-4-1)55-56(60-52-24-12-11-23-51(52)59-55)39-29-33-45-46-34-32-42(36-50(46)58(49(45)35-39)47-21-9-7-19-43(47)44-20-8-10-22-48(44)58)62(40-17-5-2-6-18-40)41-30-27-38(28-31-41)57-61-53-25-13-14-26-54(53)63-57/h1-36H. The van der Waals surface area contributed by atoms with Crippen LogP contribution < -0.4 is 4.90 Å². The molecule has 294 valence electrons. The predicted octanol–water partition coefficient (Wildman–Crippen LogP) is 14.6. The third-order valence-corrected chi connectivity index (χ3v) is 12.9. The van der Waals surface area contributed by atoms with E-state index in [2.05, 4.69) is 175 Å². The van der Waals surface area contributed by atoms with Crippen LogP contribution in [0.15, 0.2) is 223 Å². The van der Waals surface area contributed by atoms with Crippen molar-refractivity contribution in [2.75, 3.05) is 4.90 Å². The highest BCUT2D eigenvalue weighted by atomic mass is 16.3. The van der Waals surface area contributed by atoms with Gasteiger partial charge in [0.2, 0.25) is 5.89 Å². The van der Waals surface area contributed by atoms with Crippen LogP contribution in [0.5, 0.6) is 0 Å². The molecule has 2 aromatic heterocycles. The van der Waals surface area contributed by atoms with Crippen molar-refractivity contribution in [3.05, 3.63) is 241 Å². The second kappa shape index (κ2) is 13.8. The van der Waals surface area contributed by atoms with Crippen molar-refractivity contribution in [3.63, 3.8) is 0 Å². The van der Waals surface area contributed by atoms with Crippen molar-refractivity contribution in [2.24, 2.45) is 0 Å². The van der Waals surface area contributed by atoms with Crippen LogP contribution in [0.25, 0.3) is 78.4 Å². The lowest BCUT2D eigenvalue weighted by Crippen LogP contribution is -2.26. The molecule has 0 atom stereocenters. The van der Waals surface area contributed by atoms with Gasteiger partial charge in [0.05, 0.1) is 27.8 Å². The van der Waals surface area contributed by atoms with Gasteiger partial charge in [-0.2, -0.15) is 0 Å². The molecule has 63 heavy (non-hydrogen) atoms. The molecule has 0 aliphatic heterocycles. The number of anilines is 3. The van der Waals surface area contributed by atoms with Gasteiger partial charge in [0, 0.05) is 33.8 Å². The zero-order valence-electron chi connectivity index (χ0n) is 34.0. The maximum Gasteiger partial charge on any atom is 0.227 e. The molecule has 0 N–H and O–H groups in total. The van der Waals surface area contributed by atoms with Crippen molar-refractivity contribution in [1.82, 2.24) is 15.0 Å². The smallest absolute Gasteiger partial charge is 0.227 e. The topological polar surface area (TPSA) is 55.1 Å². The summed E-state index contributed by atoms with van der Waals surface area (Å²) in [6.45, 7) is 0. The fourth-order valence-electron chi connectivity index (χ4n) is 10.2. The number of aromatic nitrogens is 3. The van der Waals surface area contributed by atoms with Crippen LogP contribution >= 0.6 is 0 Å². The van der Waals surface area contributed by atoms with Crippen LogP contribution in [0.2, 0.25) is 0 Å². The molecule has 2 heterocycles. The Morgan fingerprint density at radius 3 is 1.51 bits per heavy atom. The highest BCUT2D eigenvalue weighted by Crippen LogP contribution is 2.64. The van der Waals surface area contributed by atoms with Gasteiger partial charge in [-0.05, 0) is 123 Å². The number of fused-ring (bicyclic) bond motifs is 12. The van der Waals surface area contributed by atoms with E-state index >= 15 is 0 Å². The number of rotatable bonds is 6. The van der Waals surface area contributed by atoms with E-state index < -0.39 is 5.41 Å². The van der Waals surface area contributed by atoms with Crippen LogP contribution in [0.1, 0.15) is 22.3 Å². The number of benzene rings is 9. The second-order valence-electron chi connectivity index (χ2n) is 16.3. The Bertz CT molecular complexity index is 3500. The third-order valence-electron chi connectivity index (χ3n) is 12.9. The highest BCUT2D eigenvalue weighted by Gasteiger charge is 2.52. The average Bonchev–Trinajstić information content (AvgIpc) is 4.01. The Morgan fingerprint density at radius 1 is 0.333 bits per heavy atom. The lowest BCUT2D eigenvalue weighted by molar-refractivity contribution is 0.620. The maximum absolute atomic E-state index is 6.17. The van der Waals surface area contributed by atoms with Crippen LogP contribution in [0, 0.1) is 0 Å². The molecule has 13 rings (SSSR count). The van der Waals surface area contributed by atoms with Gasteiger partial charge in [-0.1, -0.05) is 140 Å². The first kappa shape index (κ1) is 35.4. The molecule has 5 heteroatoms. The van der Waals surface area contributed by atoms with Gasteiger partial charge >= 0.3 is 0 Å². The molecular weight excluding hydrogens is 769 g/mol. The number of hydrogen-bond acceptors (Lipinski definition) is 5. The molecule has 0 radical (unpaired) electrons. The van der Waals surface area contributed by atoms with Crippen LogP contribution in [-0.4, -0.2) is 15.0 Å². The van der Waals surface area contributed by atoms with Gasteiger partial charge in [-0.15, -0.1) is 0 Å². The molecule has 0 saturated carbocycles. The monoisotopic (exact) mass is 804 g/mol. The summed E-state index contributed by atoms with van der Waals surface area (Å²) in [7, 11) is 0. The number of nitrogens with zero attached hydrogens (tertiary/aromatic N) is 4. The quantitative estimate of drug-likeness (QED) is 0.168. The molecular formula is C58H36N4O. The summed E-state index contributed by atoms with van der Waals surface area (Å²) >= 11 is 0. The Labute approximate surface area is 364 Å². The van der Waals surface area contributed by atoms with E-state index in [1.54, 1.807) is 0 Å². The average molecular weight is 805 g/mol. The van der Waals surface area contributed by atoms with E-state index in [0.717, 1.165) is 67.3 Å². The summed E-state index contributed by atoms with van der Waals surface area (Å²) < 4.78 is 6.17. The Hall–Kier alpha value is -8.41. The Kier molecular flexibility index (Phi) is 7.75. The predicted molar refractivity (Wildman–Crippen MR) is 254 cm³/mol. The third kappa shape index (κ3) is 5.33. The summed E-state index contributed by atoms with van der Waals surface area (Å²) in [5.74, 6) is 0.606. The van der Waals surface area contributed by atoms with Gasteiger partial charge in [0.15, 0.2) is 5.58 Å². The molecule has 11 aromatic rings. The molecule has 0 amide bonds. The molecule has 2 aliphatic carbocycles. The van der Waals surface area contributed by atoms with E-state index in [1.165, 1.54) is 44.5 Å². The van der Waals surface area contributed by atoms with Gasteiger partial charge < -0.3 is 9.32 Å². The van der Waals surface area contributed by atoms with Crippen molar-refractivity contribution in [1.29, 1.82) is 0 Å². The normalized spacial score (nSPS) is 12.9. The molecule has 0 fully saturated rings. The van der Waals surface area contributed by atoms with Gasteiger partial charge in [-0.25, -0.2) is 15.0 Å². The molecule has 2 aliphatic rings. The van der Waals surface area contributed by atoms with Crippen LogP contribution in [0.4, 0.5) is 17.1 Å². The lowest BCUT2D eigenvalue weighted by atomic mass is 9.70. The minimum absolute atomic E-state index is 0.597. The molecule has 0 saturated heterocycles. The van der Waals surface area contributed by atoms with Gasteiger partial charge in [-0.3, -0.25) is 0 Å². The molecule has 0 unspecified atom stereocenters. The van der Waals surface area contributed by atoms with E-state index in [-0.39, 0.29) is 0 Å².